The summed E-state index contributed by atoms with van der Waals surface area (Å²) in [5.41, 5.74) is 5.18. The highest BCUT2D eigenvalue weighted by molar-refractivity contribution is 7.89. The molecule has 0 bridgehead atoms. The van der Waals surface area contributed by atoms with E-state index in [-0.39, 0.29) is 0 Å². The van der Waals surface area contributed by atoms with Gasteiger partial charge in [-0.2, -0.15) is 4.31 Å². The van der Waals surface area contributed by atoms with E-state index in [1.807, 2.05) is 27.7 Å². The van der Waals surface area contributed by atoms with Gasteiger partial charge in [-0.15, -0.1) is 0 Å². The Morgan fingerprint density at radius 2 is 1.18 bits per heavy atom. The van der Waals surface area contributed by atoms with Crippen molar-refractivity contribution in [3.05, 3.63) is 27.8 Å². The van der Waals surface area contributed by atoms with Gasteiger partial charge in [-0.1, -0.05) is 6.92 Å². The highest BCUT2D eigenvalue weighted by atomic mass is 32.2. The zero-order valence-electron chi connectivity index (χ0n) is 14.7. The molecule has 22 heavy (non-hydrogen) atoms. The lowest BCUT2D eigenvalue weighted by atomic mass is 9.95. The molecule has 124 valence electrons. The summed E-state index contributed by atoms with van der Waals surface area (Å²) in [5, 5.41) is 0. The Hall–Kier alpha value is -0.910. The zero-order chi connectivity index (χ0) is 16.7. The Bertz CT molecular complexity index is 643. The molecule has 0 spiro atoms. The monoisotopic (exact) mass is 324 g/mol. The van der Waals surface area contributed by atoms with Crippen LogP contribution >= 0.6 is 0 Å². The fourth-order valence-corrected chi connectivity index (χ4v) is 5.25. The van der Waals surface area contributed by atoms with E-state index in [2.05, 4.69) is 18.7 Å². The first-order valence-corrected chi connectivity index (χ1v) is 9.45. The molecule has 0 amide bonds. The van der Waals surface area contributed by atoms with Crippen molar-refractivity contribution in [1.82, 2.24) is 9.21 Å². The van der Waals surface area contributed by atoms with E-state index in [1.54, 1.807) is 4.31 Å². The van der Waals surface area contributed by atoms with Crippen molar-refractivity contribution in [3.8, 4) is 0 Å². The van der Waals surface area contributed by atoms with Crippen molar-refractivity contribution >= 4 is 10.0 Å². The SMILES string of the molecule is CCN1CCN(S(=O)(=O)c2c(C)c(C)c(C)c(C)c2C)CC1. The van der Waals surface area contributed by atoms with Gasteiger partial charge in [-0.3, -0.25) is 0 Å². The van der Waals surface area contributed by atoms with Gasteiger partial charge in [0.25, 0.3) is 0 Å². The molecule has 5 heteroatoms. The highest BCUT2D eigenvalue weighted by Gasteiger charge is 2.31. The predicted octanol–water partition coefficient (Wildman–Crippen LogP) is 2.55. The lowest BCUT2D eigenvalue weighted by Gasteiger charge is -2.34. The third-order valence-electron chi connectivity index (χ3n) is 5.31. The van der Waals surface area contributed by atoms with Crippen LogP contribution in [0, 0.1) is 34.6 Å². The Morgan fingerprint density at radius 1 is 0.773 bits per heavy atom. The summed E-state index contributed by atoms with van der Waals surface area (Å²) in [6, 6.07) is 0. The number of benzene rings is 1. The van der Waals surface area contributed by atoms with Gasteiger partial charge < -0.3 is 4.90 Å². The normalized spacial score (nSPS) is 17.9. The van der Waals surface area contributed by atoms with Crippen LogP contribution in [0.5, 0.6) is 0 Å². The van der Waals surface area contributed by atoms with E-state index >= 15 is 0 Å². The predicted molar refractivity (Wildman–Crippen MR) is 91.0 cm³/mol. The van der Waals surface area contributed by atoms with E-state index in [0.717, 1.165) is 41.9 Å². The van der Waals surface area contributed by atoms with Crippen molar-refractivity contribution in [2.45, 2.75) is 46.4 Å². The molecule has 1 aliphatic heterocycles. The third-order valence-corrected chi connectivity index (χ3v) is 7.48. The average Bonchev–Trinajstić information content (AvgIpc) is 2.51. The summed E-state index contributed by atoms with van der Waals surface area (Å²) in [6.07, 6.45) is 0. The smallest absolute Gasteiger partial charge is 0.243 e. The topological polar surface area (TPSA) is 40.6 Å². The molecule has 4 nitrogen and oxygen atoms in total. The number of rotatable bonds is 3. The Kier molecular flexibility index (Phi) is 5.00. The highest BCUT2D eigenvalue weighted by Crippen LogP contribution is 2.31. The Morgan fingerprint density at radius 3 is 1.59 bits per heavy atom. The van der Waals surface area contributed by atoms with Crippen LogP contribution in [0.1, 0.15) is 34.7 Å². The molecule has 0 aromatic heterocycles. The summed E-state index contributed by atoms with van der Waals surface area (Å²) in [5.74, 6) is 0. The average molecular weight is 324 g/mol. The molecule has 0 radical (unpaired) electrons. The molecule has 1 aliphatic rings. The first kappa shape index (κ1) is 17.4. The van der Waals surface area contributed by atoms with E-state index in [4.69, 9.17) is 0 Å². The number of hydrogen-bond acceptors (Lipinski definition) is 3. The van der Waals surface area contributed by atoms with Gasteiger partial charge in [0.1, 0.15) is 0 Å². The van der Waals surface area contributed by atoms with Gasteiger partial charge in [-0.25, -0.2) is 8.42 Å². The van der Waals surface area contributed by atoms with Crippen molar-refractivity contribution in [1.29, 1.82) is 0 Å². The van der Waals surface area contributed by atoms with Gasteiger partial charge in [0.2, 0.25) is 10.0 Å². The molecule has 1 saturated heterocycles. The lowest BCUT2D eigenvalue weighted by Crippen LogP contribution is -2.48. The van der Waals surface area contributed by atoms with Gasteiger partial charge in [0.05, 0.1) is 4.90 Å². The first-order chi connectivity index (χ1) is 10.2. The van der Waals surface area contributed by atoms with E-state index in [0.29, 0.717) is 18.0 Å². The Balaban J connectivity index is 2.47. The molecule has 1 aromatic rings. The summed E-state index contributed by atoms with van der Waals surface area (Å²) < 4.78 is 27.9. The largest absolute Gasteiger partial charge is 0.301 e. The van der Waals surface area contributed by atoms with E-state index in [9.17, 15) is 8.42 Å². The molecule has 0 saturated carbocycles. The van der Waals surface area contributed by atoms with Crippen molar-refractivity contribution in [2.24, 2.45) is 0 Å². The fraction of sp³-hybridized carbons (Fsp3) is 0.647. The zero-order valence-corrected chi connectivity index (χ0v) is 15.5. The number of piperazine rings is 1. The van der Waals surface area contributed by atoms with Gasteiger partial charge in [0, 0.05) is 26.2 Å². The number of sulfonamides is 1. The number of hydrogen-bond donors (Lipinski definition) is 0. The molecule has 0 aliphatic carbocycles. The van der Waals surface area contributed by atoms with Crippen LogP contribution in [0.15, 0.2) is 4.90 Å². The molecule has 0 N–H and O–H groups in total. The Labute approximate surface area is 135 Å². The maximum Gasteiger partial charge on any atom is 0.243 e. The van der Waals surface area contributed by atoms with Gasteiger partial charge in [-0.05, 0) is 69.0 Å². The quantitative estimate of drug-likeness (QED) is 0.858. The molecule has 1 aromatic carbocycles. The number of nitrogens with zero attached hydrogens (tertiary/aromatic N) is 2. The van der Waals surface area contributed by atoms with Crippen molar-refractivity contribution in [3.63, 3.8) is 0 Å². The molecule has 0 unspecified atom stereocenters. The maximum absolute atomic E-state index is 13.1. The number of likely N-dealkylation sites (N-methyl/N-ethyl adjacent to an activating group) is 1. The fourth-order valence-electron chi connectivity index (χ4n) is 3.27. The molecule has 1 fully saturated rings. The van der Waals surface area contributed by atoms with Crippen LogP contribution in [0.25, 0.3) is 0 Å². The standard InChI is InChI=1S/C17H28N2O2S/c1-7-18-8-10-19(11-9-18)22(20,21)17-15(5)13(3)12(2)14(4)16(17)6/h7-11H2,1-6H3. The van der Waals surface area contributed by atoms with Crippen LogP contribution in [0.4, 0.5) is 0 Å². The minimum absolute atomic E-state index is 0.526. The van der Waals surface area contributed by atoms with Crippen LogP contribution in [0.2, 0.25) is 0 Å². The summed E-state index contributed by atoms with van der Waals surface area (Å²) in [7, 11) is -3.41. The van der Waals surface area contributed by atoms with Gasteiger partial charge >= 0.3 is 0 Å². The molecule has 0 atom stereocenters. The second kappa shape index (κ2) is 6.30. The third kappa shape index (κ3) is 2.82. The van der Waals surface area contributed by atoms with Crippen molar-refractivity contribution in [2.75, 3.05) is 32.7 Å². The van der Waals surface area contributed by atoms with Crippen LogP contribution in [-0.2, 0) is 10.0 Å². The second-order valence-corrected chi connectivity index (χ2v) is 8.17. The summed E-state index contributed by atoms with van der Waals surface area (Å²) in [4.78, 5) is 2.82. The second-order valence-electron chi connectivity index (χ2n) is 6.29. The minimum Gasteiger partial charge on any atom is -0.301 e. The van der Waals surface area contributed by atoms with Crippen LogP contribution in [-0.4, -0.2) is 50.3 Å². The van der Waals surface area contributed by atoms with Gasteiger partial charge in [0.15, 0.2) is 0 Å². The van der Waals surface area contributed by atoms with E-state index < -0.39 is 10.0 Å². The van der Waals surface area contributed by atoms with Crippen LogP contribution in [0.3, 0.4) is 0 Å². The maximum atomic E-state index is 13.1. The summed E-state index contributed by atoms with van der Waals surface area (Å²) in [6.45, 7) is 15.9. The molecule has 2 rings (SSSR count). The molecular formula is C17H28N2O2S. The van der Waals surface area contributed by atoms with E-state index in [1.165, 1.54) is 5.56 Å². The van der Waals surface area contributed by atoms with Crippen molar-refractivity contribution < 1.29 is 8.42 Å². The first-order valence-electron chi connectivity index (χ1n) is 8.01. The lowest BCUT2D eigenvalue weighted by molar-refractivity contribution is 0.196. The van der Waals surface area contributed by atoms with Crippen LogP contribution < -0.4 is 0 Å². The molecule has 1 heterocycles. The molecular weight excluding hydrogens is 296 g/mol. The minimum atomic E-state index is -3.41. The summed E-state index contributed by atoms with van der Waals surface area (Å²) >= 11 is 0.